The Morgan fingerprint density at radius 3 is 2.56 bits per heavy atom. The van der Waals surface area contributed by atoms with Gasteiger partial charge in [0.1, 0.15) is 0 Å². The summed E-state index contributed by atoms with van der Waals surface area (Å²) in [5, 5.41) is 2.56. The van der Waals surface area contributed by atoms with Crippen LogP contribution in [0.15, 0.2) is 42.5 Å². The van der Waals surface area contributed by atoms with Gasteiger partial charge in [-0.05, 0) is 42.8 Å². The van der Waals surface area contributed by atoms with Crippen LogP contribution in [-0.2, 0) is 15.7 Å². The Kier molecular flexibility index (Phi) is 7.63. The third-order valence-electron chi connectivity index (χ3n) is 4.86. The average Bonchev–Trinajstić information content (AvgIpc) is 2.78. The number of anilines is 2. The average molecular weight is 450 g/mol. The molecule has 0 spiro atoms. The highest BCUT2D eigenvalue weighted by Crippen LogP contribution is 2.36. The molecule has 0 radical (unpaired) electrons. The molecule has 172 valence electrons. The minimum Gasteiger partial charge on any atom is -0.493 e. The van der Waals surface area contributed by atoms with Gasteiger partial charge < -0.3 is 24.4 Å². The van der Waals surface area contributed by atoms with E-state index in [1.54, 1.807) is 18.2 Å². The molecule has 2 aromatic rings. The normalized spacial score (nSPS) is 14.5. The zero-order valence-electron chi connectivity index (χ0n) is 17.9. The number of hydrogen-bond acceptors (Lipinski definition) is 5. The molecule has 0 atom stereocenters. The molecular weight excluding hydrogens is 425 g/mol. The van der Waals surface area contributed by atoms with E-state index in [2.05, 4.69) is 5.32 Å². The fraction of sp³-hybridized carbons (Fsp3) is 0.348. The number of amides is 1. The second-order valence-corrected chi connectivity index (χ2v) is 7.08. The minimum absolute atomic E-state index is 0.0747. The maximum absolute atomic E-state index is 13.2. The molecule has 1 N–H and O–H groups in total. The maximum Gasteiger partial charge on any atom is 0.416 e. The van der Waals surface area contributed by atoms with Gasteiger partial charge in [0, 0.05) is 13.1 Å². The van der Waals surface area contributed by atoms with E-state index in [0.29, 0.717) is 43.5 Å². The van der Waals surface area contributed by atoms with Crippen molar-refractivity contribution in [3.63, 3.8) is 0 Å². The third kappa shape index (κ3) is 5.94. The molecule has 0 unspecified atom stereocenters. The van der Waals surface area contributed by atoms with Crippen LogP contribution in [0, 0.1) is 0 Å². The number of rotatable bonds is 7. The van der Waals surface area contributed by atoms with E-state index in [4.69, 9.17) is 14.2 Å². The van der Waals surface area contributed by atoms with Gasteiger partial charge in [-0.1, -0.05) is 18.2 Å². The Balaban J connectivity index is 1.76. The first-order valence-corrected chi connectivity index (χ1v) is 10.1. The van der Waals surface area contributed by atoms with Gasteiger partial charge in [0.25, 0.3) is 5.91 Å². The van der Waals surface area contributed by atoms with Gasteiger partial charge in [-0.3, -0.25) is 4.79 Å². The van der Waals surface area contributed by atoms with Crippen molar-refractivity contribution in [3.05, 3.63) is 53.6 Å². The molecule has 1 aliphatic rings. The summed E-state index contributed by atoms with van der Waals surface area (Å²) >= 11 is 0. The lowest BCUT2D eigenvalue weighted by molar-refractivity contribution is -0.137. The molecule has 1 heterocycles. The number of halogens is 3. The number of benzene rings is 2. The van der Waals surface area contributed by atoms with Crippen molar-refractivity contribution in [1.29, 1.82) is 0 Å². The van der Waals surface area contributed by atoms with E-state index in [1.165, 1.54) is 13.2 Å². The lowest BCUT2D eigenvalue weighted by atomic mass is 10.1. The van der Waals surface area contributed by atoms with Crippen molar-refractivity contribution < 1.29 is 32.2 Å². The Labute approximate surface area is 184 Å². The van der Waals surface area contributed by atoms with E-state index in [0.717, 1.165) is 17.7 Å². The Morgan fingerprint density at radius 2 is 1.91 bits per heavy atom. The lowest BCUT2D eigenvalue weighted by Crippen LogP contribution is -2.37. The second-order valence-electron chi connectivity index (χ2n) is 7.08. The molecule has 0 saturated carbocycles. The molecule has 1 fully saturated rings. The summed E-state index contributed by atoms with van der Waals surface area (Å²) in [6.07, 6.45) is -0.759. The van der Waals surface area contributed by atoms with Crippen molar-refractivity contribution in [2.24, 2.45) is 0 Å². The zero-order chi connectivity index (χ0) is 23.1. The van der Waals surface area contributed by atoms with Crippen molar-refractivity contribution in [3.8, 4) is 11.5 Å². The quantitative estimate of drug-likeness (QED) is 0.668. The summed E-state index contributed by atoms with van der Waals surface area (Å²) in [5.74, 6) is 0.216. The van der Waals surface area contributed by atoms with Crippen LogP contribution in [0.25, 0.3) is 6.08 Å². The summed E-state index contributed by atoms with van der Waals surface area (Å²) in [7, 11) is 1.49. The van der Waals surface area contributed by atoms with Crippen LogP contribution in [0.1, 0.15) is 18.1 Å². The predicted molar refractivity (Wildman–Crippen MR) is 116 cm³/mol. The third-order valence-corrected chi connectivity index (χ3v) is 4.86. The Bertz CT molecular complexity index is 970. The van der Waals surface area contributed by atoms with Crippen LogP contribution in [0.3, 0.4) is 0 Å². The van der Waals surface area contributed by atoms with Crippen LogP contribution >= 0.6 is 0 Å². The van der Waals surface area contributed by atoms with Crippen molar-refractivity contribution in [1.82, 2.24) is 0 Å². The van der Waals surface area contributed by atoms with E-state index >= 15 is 0 Å². The van der Waals surface area contributed by atoms with Crippen LogP contribution < -0.4 is 19.7 Å². The Morgan fingerprint density at radius 1 is 1.16 bits per heavy atom. The number of alkyl halides is 3. The fourth-order valence-corrected chi connectivity index (χ4v) is 3.32. The maximum atomic E-state index is 13.2. The van der Waals surface area contributed by atoms with Gasteiger partial charge in [0.05, 0.1) is 37.3 Å². The molecule has 1 saturated heterocycles. The molecule has 9 heteroatoms. The number of carbonyl (C=O) groups excluding carboxylic acids is 1. The van der Waals surface area contributed by atoms with Gasteiger partial charge in [0.2, 0.25) is 0 Å². The van der Waals surface area contributed by atoms with Gasteiger partial charge >= 0.3 is 6.18 Å². The summed E-state index contributed by atoms with van der Waals surface area (Å²) in [5.41, 5.74) is 0.640. The number of morpholine rings is 1. The first-order valence-electron chi connectivity index (χ1n) is 10.1. The molecule has 1 amide bonds. The number of methoxy groups -OCH3 is 1. The molecule has 3 rings (SSSR count). The fourth-order valence-electron chi connectivity index (χ4n) is 3.32. The number of nitrogens with one attached hydrogen (secondary N) is 1. The van der Waals surface area contributed by atoms with Gasteiger partial charge in [0.15, 0.2) is 18.1 Å². The van der Waals surface area contributed by atoms with Crippen molar-refractivity contribution in [2.45, 2.75) is 13.1 Å². The predicted octanol–water partition coefficient (Wildman–Crippen LogP) is 4.60. The molecule has 6 nitrogen and oxygen atoms in total. The number of allylic oxidation sites excluding steroid dienone is 1. The van der Waals surface area contributed by atoms with Crippen LogP contribution in [0.4, 0.5) is 24.5 Å². The van der Waals surface area contributed by atoms with Crippen LogP contribution in [0.2, 0.25) is 0 Å². The monoisotopic (exact) mass is 450 g/mol. The highest BCUT2D eigenvalue weighted by molar-refractivity contribution is 5.95. The molecule has 2 aromatic carbocycles. The van der Waals surface area contributed by atoms with Gasteiger partial charge in [-0.15, -0.1) is 0 Å². The van der Waals surface area contributed by atoms with E-state index in [-0.39, 0.29) is 5.69 Å². The molecule has 0 bridgehead atoms. The van der Waals surface area contributed by atoms with Gasteiger partial charge in [-0.2, -0.15) is 13.2 Å². The van der Waals surface area contributed by atoms with E-state index in [1.807, 2.05) is 24.0 Å². The largest absolute Gasteiger partial charge is 0.493 e. The van der Waals surface area contributed by atoms with Gasteiger partial charge in [-0.25, -0.2) is 0 Å². The Hall–Kier alpha value is -3.20. The molecule has 0 aliphatic carbocycles. The van der Waals surface area contributed by atoms with E-state index in [9.17, 15) is 18.0 Å². The number of nitrogens with zero attached hydrogens (tertiary/aromatic N) is 1. The van der Waals surface area contributed by atoms with Crippen LogP contribution in [0.5, 0.6) is 11.5 Å². The van der Waals surface area contributed by atoms with Crippen molar-refractivity contribution >= 4 is 23.4 Å². The first kappa shape index (κ1) is 23.5. The standard InChI is InChI=1S/C23H25F3N2O4/c1-3-4-16-5-8-20(21(13-16)30-2)32-15-22(29)27-18-14-17(23(24,25)26)6-7-19(18)28-9-11-31-12-10-28/h3-8,13-14H,9-12,15H2,1-2H3,(H,27,29). The molecule has 1 aliphatic heterocycles. The topological polar surface area (TPSA) is 60.0 Å². The van der Waals surface area contributed by atoms with E-state index < -0.39 is 24.3 Å². The first-order chi connectivity index (χ1) is 15.3. The molecule has 32 heavy (non-hydrogen) atoms. The van der Waals surface area contributed by atoms with Crippen molar-refractivity contribution in [2.75, 3.05) is 50.2 Å². The molecular formula is C23H25F3N2O4. The second kappa shape index (κ2) is 10.4. The summed E-state index contributed by atoms with van der Waals surface area (Å²) in [6.45, 7) is 3.44. The summed E-state index contributed by atoms with van der Waals surface area (Å²) in [4.78, 5) is 14.4. The summed E-state index contributed by atoms with van der Waals surface area (Å²) < 4.78 is 55.9. The lowest BCUT2D eigenvalue weighted by Gasteiger charge is -2.31. The summed E-state index contributed by atoms with van der Waals surface area (Å²) in [6, 6.07) is 8.55. The highest BCUT2D eigenvalue weighted by Gasteiger charge is 2.32. The number of ether oxygens (including phenoxy) is 3. The highest BCUT2D eigenvalue weighted by atomic mass is 19.4. The van der Waals surface area contributed by atoms with Crippen LogP contribution in [-0.4, -0.2) is 45.9 Å². The molecule has 0 aromatic heterocycles. The number of carbonyl (C=O) groups is 1. The minimum atomic E-state index is -4.53. The zero-order valence-corrected chi connectivity index (χ0v) is 17.9. The smallest absolute Gasteiger partial charge is 0.416 e. The number of hydrogen-bond donors (Lipinski definition) is 1. The SMILES string of the molecule is CC=Cc1ccc(OCC(=O)Nc2cc(C(F)(F)F)ccc2N2CCOCC2)c(OC)c1.